The van der Waals surface area contributed by atoms with Crippen LogP contribution in [-0.4, -0.2) is 53.6 Å². The van der Waals surface area contributed by atoms with Gasteiger partial charge in [0, 0.05) is 37.7 Å². The number of aliphatic hydroxyl groups is 1. The Hall–Kier alpha value is -2.08. The van der Waals surface area contributed by atoms with Gasteiger partial charge in [0.25, 0.3) is 5.91 Å². The first kappa shape index (κ1) is 18.7. The van der Waals surface area contributed by atoms with Crippen molar-refractivity contribution in [3.8, 4) is 5.75 Å². The Labute approximate surface area is 158 Å². The number of halogens is 1. The Bertz CT molecular complexity index is 728. The molecule has 1 aliphatic rings. The van der Waals surface area contributed by atoms with Crippen LogP contribution in [0.3, 0.4) is 0 Å². The minimum absolute atomic E-state index is 0.00876. The van der Waals surface area contributed by atoms with Gasteiger partial charge in [0.1, 0.15) is 5.75 Å². The lowest BCUT2D eigenvalue weighted by atomic mass is 10.2. The van der Waals surface area contributed by atoms with Crippen LogP contribution in [0, 0.1) is 0 Å². The summed E-state index contributed by atoms with van der Waals surface area (Å²) in [5.41, 5.74) is 1.99. The highest BCUT2D eigenvalue weighted by molar-refractivity contribution is 6.30. The molecule has 26 heavy (non-hydrogen) atoms. The number of carbonyl (C=O) groups excluding carboxylic acids is 1. The molecule has 1 amide bonds. The Kier molecular flexibility index (Phi) is 6.50. The van der Waals surface area contributed by atoms with E-state index in [4.69, 9.17) is 21.4 Å². The molecule has 3 rings (SSSR count). The zero-order chi connectivity index (χ0) is 18.4. The highest BCUT2D eigenvalue weighted by Gasteiger charge is 2.21. The summed E-state index contributed by atoms with van der Waals surface area (Å²) in [7, 11) is 0. The zero-order valence-electron chi connectivity index (χ0n) is 14.6. The quantitative estimate of drug-likeness (QED) is 0.844. The van der Waals surface area contributed by atoms with Crippen molar-refractivity contribution in [2.24, 2.45) is 0 Å². The van der Waals surface area contributed by atoms with Crippen LogP contribution in [-0.2, 0) is 17.9 Å². The molecule has 0 saturated carbocycles. The average Bonchev–Trinajstić information content (AvgIpc) is 2.68. The minimum Gasteiger partial charge on any atom is -0.484 e. The molecule has 1 saturated heterocycles. The fourth-order valence-corrected chi connectivity index (χ4v) is 3.10. The fourth-order valence-electron chi connectivity index (χ4n) is 2.97. The van der Waals surface area contributed by atoms with E-state index in [9.17, 15) is 4.79 Å². The number of carbonyl (C=O) groups is 1. The molecule has 0 spiro atoms. The third kappa shape index (κ3) is 5.21. The van der Waals surface area contributed by atoms with Gasteiger partial charge in [0.2, 0.25) is 0 Å². The van der Waals surface area contributed by atoms with Gasteiger partial charge in [-0.2, -0.15) is 0 Å². The average molecular weight is 375 g/mol. The second-order valence-electron chi connectivity index (χ2n) is 6.38. The van der Waals surface area contributed by atoms with E-state index in [0.29, 0.717) is 18.8 Å². The molecular formula is C20H23ClN2O3. The van der Waals surface area contributed by atoms with Crippen LogP contribution < -0.4 is 4.74 Å². The molecule has 1 fully saturated rings. The van der Waals surface area contributed by atoms with Crippen LogP contribution in [0.1, 0.15) is 11.1 Å². The van der Waals surface area contributed by atoms with Gasteiger partial charge < -0.3 is 14.7 Å². The number of ether oxygens (including phenoxy) is 1. The normalized spacial score (nSPS) is 15.1. The SMILES string of the molecule is O=C(COc1cccc(CO)c1)N1CCN(Cc2ccc(Cl)cc2)CC1. The van der Waals surface area contributed by atoms with Crippen LogP contribution in [0.25, 0.3) is 0 Å². The van der Waals surface area contributed by atoms with Gasteiger partial charge in [-0.15, -0.1) is 0 Å². The summed E-state index contributed by atoms with van der Waals surface area (Å²) < 4.78 is 5.57. The predicted octanol–water partition coefficient (Wildman–Crippen LogP) is 2.56. The Morgan fingerprint density at radius 3 is 2.46 bits per heavy atom. The molecule has 0 aromatic heterocycles. The maximum atomic E-state index is 12.3. The molecule has 6 heteroatoms. The predicted molar refractivity (Wildman–Crippen MR) is 101 cm³/mol. The molecule has 0 unspecified atom stereocenters. The van der Waals surface area contributed by atoms with E-state index < -0.39 is 0 Å². The zero-order valence-corrected chi connectivity index (χ0v) is 15.4. The number of piperazine rings is 1. The summed E-state index contributed by atoms with van der Waals surface area (Å²) >= 11 is 5.92. The molecule has 5 nitrogen and oxygen atoms in total. The number of aliphatic hydroxyl groups excluding tert-OH is 1. The van der Waals surface area contributed by atoms with Crippen LogP contribution in [0.2, 0.25) is 5.02 Å². The van der Waals surface area contributed by atoms with Crippen molar-refractivity contribution >= 4 is 17.5 Å². The van der Waals surface area contributed by atoms with Gasteiger partial charge in [-0.3, -0.25) is 9.69 Å². The second-order valence-corrected chi connectivity index (χ2v) is 6.81. The summed E-state index contributed by atoms with van der Waals surface area (Å²) in [5.74, 6) is 0.594. The Morgan fingerprint density at radius 2 is 1.77 bits per heavy atom. The topological polar surface area (TPSA) is 53.0 Å². The monoisotopic (exact) mass is 374 g/mol. The van der Waals surface area contributed by atoms with Crippen molar-refractivity contribution in [3.63, 3.8) is 0 Å². The highest BCUT2D eigenvalue weighted by Crippen LogP contribution is 2.15. The smallest absolute Gasteiger partial charge is 0.260 e. The summed E-state index contributed by atoms with van der Waals surface area (Å²) in [6.45, 7) is 3.93. The molecule has 0 atom stereocenters. The molecular weight excluding hydrogens is 352 g/mol. The van der Waals surface area contributed by atoms with E-state index >= 15 is 0 Å². The molecule has 0 radical (unpaired) electrons. The van der Waals surface area contributed by atoms with Crippen molar-refractivity contribution in [3.05, 3.63) is 64.7 Å². The third-order valence-corrected chi connectivity index (χ3v) is 4.74. The van der Waals surface area contributed by atoms with Crippen molar-refractivity contribution in [1.29, 1.82) is 0 Å². The maximum Gasteiger partial charge on any atom is 0.260 e. The standard InChI is InChI=1S/C20H23ClN2O3/c21-18-6-4-16(5-7-18)13-22-8-10-23(11-9-22)20(25)15-26-19-3-1-2-17(12-19)14-24/h1-7,12,24H,8-11,13-15H2. The highest BCUT2D eigenvalue weighted by atomic mass is 35.5. The molecule has 2 aromatic rings. The Balaban J connectivity index is 1.43. The second kappa shape index (κ2) is 9.03. The summed E-state index contributed by atoms with van der Waals surface area (Å²) in [6.07, 6.45) is 0. The largest absolute Gasteiger partial charge is 0.484 e. The van der Waals surface area contributed by atoms with Crippen molar-refractivity contribution in [2.45, 2.75) is 13.2 Å². The van der Waals surface area contributed by atoms with Crippen molar-refractivity contribution in [1.82, 2.24) is 9.80 Å². The van der Waals surface area contributed by atoms with E-state index in [1.54, 1.807) is 18.2 Å². The van der Waals surface area contributed by atoms with Crippen LogP contribution in [0.5, 0.6) is 5.75 Å². The number of nitrogens with zero attached hydrogens (tertiary/aromatic N) is 2. The van der Waals surface area contributed by atoms with Crippen LogP contribution >= 0.6 is 11.6 Å². The fraction of sp³-hybridized carbons (Fsp3) is 0.350. The van der Waals surface area contributed by atoms with E-state index in [-0.39, 0.29) is 19.1 Å². The maximum absolute atomic E-state index is 12.3. The summed E-state index contributed by atoms with van der Waals surface area (Å²) in [5, 5.41) is 9.89. The van der Waals surface area contributed by atoms with Gasteiger partial charge in [0.05, 0.1) is 6.61 Å². The van der Waals surface area contributed by atoms with Crippen molar-refractivity contribution in [2.75, 3.05) is 32.8 Å². The Morgan fingerprint density at radius 1 is 1.04 bits per heavy atom. The molecule has 0 bridgehead atoms. The molecule has 1 N–H and O–H groups in total. The van der Waals surface area contributed by atoms with Crippen LogP contribution in [0.4, 0.5) is 0 Å². The molecule has 1 aliphatic heterocycles. The van der Waals surface area contributed by atoms with Gasteiger partial charge in [0.15, 0.2) is 6.61 Å². The van der Waals surface area contributed by atoms with Crippen molar-refractivity contribution < 1.29 is 14.6 Å². The van der Waals surface area contributed by atoms with Gasteiger partial charge >= 0.3 is 0 Å². The minimum atomic E-state index is -0.0409. The lowest BCUT2D eigenvalue weighted by molar-refractivity contribution is -0.135. The van der Waals surface area contributed by atoms with E-state index in [1.165, 1.54) is 5.56 Å². The lowest BCUT2D eigenvalue weighted by Gasteiger charge is -2.34. The van der Waals surface area contributed by atoms with E-state index in [0.717, 1.165) is 30.2 Å². The lowest BCUT2D eigenvalue weighted by Crippen LogP contribution is -2.49. The summed E-state index contributed by atoms with van der Waals surface area (Å²) in [4.78, 5) is 16.5. The summed E-state index contributed by atoms with van der Waals surface area (Å²) in [6, 6.07) is 15.0. The number of amides is 1. The van der Waals surface area contributed by atoms with Crippen LogP contribution in [0.15, 0.2) is 48.5 Å². The van der Waals surface area contributed by atoms with E-state index in [2.05, 4.69) is 4.90 Å². The molecule has 0 aliphatic carbocycles. The van der Waals surface area contributed by atoms with E-state index in [1.807, 2.05) is 35.2 Å². The first-order valence-corrected chi connectivity index (χ1v) is 9.09. The molecule has 138 valence electrons. The first-order chi connectivity index (χ1) is 12.6. The number of benzene rings is 2. The number of hydrogen-bond acceptors (Lipinski definition) is 4. The van der Waals surface area contributed by atoms with Gasteiger partial charge in [-0.05, 0) is 35.4 Å². The van der Waals surface area contributed by atoms with Gasteiger partial charge in [-0.1, -0.05) is 35.9 Å². The third-order valence-electron chi connectivity index (χ3n) is 4.49. The van der Waals surface area contributed by atoms with Gasteiger partial charge in [-0.25, -0.2) is 0 Å². The number of hydrogen-bond donors (Lipinski definition) is 1. The first-order valence-electron chi connectivity index (χ1n) is 8.71. The number of rotatable bonds is 6. The molecule has 2 aromatic carbocycles. The molecule has 1 heterocycles.